The zero-order chi connectivity index (χ0) is 32.2. The molecule has 2 heterocycles. The Labute approximate surface area is 285 Å². The molecule has 5 aromatic rings. The number of urea groups is 1. The Hall–Kier alpha value is -4.77. The van der Waals surface area contributed by atoms with Gasteiger partial charge in [0.05, 0.1) is 29.8 Å². The van der Waals surface area contributed by atoms with E-state index in [4.69, 9.17) is 4.74 Å². The average Bonchev–Trinajstić information content (AvgIpc) is 3.58. The summed E-state index contributed by atoms with van der Waals surface area (Å²) >= 11 is 4.55. The fourth-order valence-electron chi connectivity index (χ4n) is 5.57. The second-order valence-corrected chi connectivity index (χ2v) is 14.0. The normalized spacial score (nSPS) is 16.9. The Kier molecular flexibility index (Phi) is 9.14. The van der Waals surface area contributed by atoms with E-state index in [0.717, 1.165) is 38.0 Å². The van der Waals surface area contributed by atoms with Crippen molar-refractivity contribution in [2.75, 3.05) is 22.6 Å². The zero-order valence-electron chi connectivity index (χ0n) is 25.3. The Morgan fingerprint density at radius 1 is 0.894 bits per heavy atom. The molecule has 0 spiro atoms. The topological polar surface area (TPSA) is 83.6 Å². The molecule has 1 aliphatic carbocycles. The molecule has 3 unspecified atom stereocenters. The van der Waals surface area contributed by atoms with Crippen LogP contribution in [0.15, 0.2) is 143 Å². The lowest BCUT2D eigenvalue weighted by molar-refractivity contribution is -0.115. The number of carbonyl (C=O) groups excluding carboxylic acids is 2. The molecule has 0 saturated heterocycles. The number of hydrogen-bond donors (Lipinski definition) is 2. The predicted molar refractivity (Wildman–Crippen MR) is 194 cm³/mol. The van der Waals surface area contributed by atoms with Crippen LogP contribution in [0.4, 0.5) is 21.3 Å². The van der Waals surface area contributed by atoms with E-state index in [1.165, 1.54) is 23.1 Å². The van der Waals surface area contributed by atoms with Gasteiger partial charge in [0.15, 0.2) is 5.13 Å². The summed E-state index contributed by atoms with van der Waals surface area (Å²) in [6.45, 7) is 0. The molecule has 1 aliphatic heterocycles. The Bertz CT molecular complexity index is 1980. The number of thioether (sulfide) groups is 2. The molecule has 4 aromatic carbocycles. The van der Waals surface area contributed by atoms with Crippen molar-refractivity contribution >= 4 is 63.3 Å². The molecule has 3 atom stereocenters. The van der Waals surface area contributed by atoms with E-state index in [0.29, 0.717) is 10.8 Å². The quantitative estimate of drug-likeness (QED) is 0.160. The van der Waals surface area contributed by atoms with E-state index in [1.807, 2.05) is 119 Å². The van der Waals surface area contributed by atoms with Gasteiger partial charge in [0.1, 0.15) is 11.0 Å². The van der Waals surface area contributed by atoms with Gasteiger partial charge in [-0.15, -0.1) is 34.9 Å². The maximum Gasteiger partial charge on any atom is 0.326 e. The molecule has 2 aliphatic rings. The summed E-state index contributed by atoms with van der Waals surface area (Å²) in [5.41, 5.74) is 3.99. The van der Waals surface area contributed by atoms with Crippen LogP contribution < -0.4 is 20.3 Å². The number of nitrogens with one attached hydrogen (secondary N) is 2. The maximum absolute atomic E-state index is 13.9. The number of methoxy groups -OCH3 is 1. The fraction of sp³-hybridized carbons (Fsp3) is 0.108. The van der Waals surface area contributed by atoms with Gasteiger partial charge in [0.25, 0.3) is 0 Å². The van der Waals surface area contributed by atoms with Gasteiger partial charge < -0.3 is 15.4 Å². The lowest BCUT2D eigenvalue weighted by atomic mass is 10.1. The number of rotatable bonds is 8. The number of thiazole rings is 1. The highest BCUT2D eigenvalue weighted by molar-refractivity contribution is 8.00. The summed E-state index contributed by atoms with van der Waals surface area (Å²) in [5, 5.41) is 8.14. The van der Waals surface area contributed by atoms with E-state index in [9.17, 15) is 9.59 Å². The van der Waals surface area contributed by atoms with E-state index in [1.54, 1.807) is 18.9 Å². The predicted octanol–water partition coefficient (Wildman–Crippen LogP) is 9.30. The third-order valence-electron chi connectivity index (χ3n) is 7.76. The first-order valence-electron chi connectivity index (χ1n) is 15.0. The van der Waals surface area contributed by atoms with Crippen molar-refractivity contribution in [1.29, 1.82) is 0 Å². The van der Waals surface area contributed by atoms with Gasteiger partial charge in [-0.05, 0) is 48.0 Å². The molecule has 7 rings (SSSR count). The molecule has 0 bridgehead atoms. The highest BCUT2D eigenvalue weighted by Gasteiger charge is 2.36. The van der Waals surface area contributed by atoms with E-state index >= 15 is 0 Å². The maximum atomic E-state index is 13.9. The largest absolute Gasteiger partial charge is 0.496 e. The number of amides is 3. The number of anilines is 3. The minimum Gasteiger partial charge on any atom is -0.496 e. The minimum absolute atomic E-state index is 0.0991. The lowest BCUT2D eigenvalue weighted by Crippen LogP contribution is -2.49. The van der Waals surface area contributed by atoms with Gasteiger partial charge in [-0.1, -0.05) is 85.0 Å². The van der Waals surface area contributed by atoms with Gasteiger partial charge in [-0.2, -0.15) is 0 Å². The summed E-state index contributed by atoms with van der Waals surface area (Å²) in [7, 11) is 1.63. The molecule has 2 N–H and O–H groups in total. The third-order valence-corrected chi connectivity index (χ3v) is 11.1. The van der Waals surface area contributed by atoms with Crippen molar-refractivity contribution in [2.24, 2.45) is 0 Å². The number of ether oxygens (including phenoxy) is 1. The number of para-hydroxylation sites is 2. The van der Waals surface area contributed by atoms with Crippen molar-refractivity contribution in [2.45, 2.75) is 26.3 Å². The molecule has 0 saturated carbocycles. The number of benzene rings is 4. The Balaban J connectivity index is 1.10. The first-order chi connectivity index (χ1) is 23.1. The average molecular weight is 675 g/mol. The van der Waals surface area contributed by atoms with Crippen LogP contribution in [0.5, 0.6) is 5.75 Å². The van der Waals surface area contributed by atoms with Crippen molar-refractivity contribution in [3.05, 3.63) is 138 Å². The number of fused-ring (bicyclic) bond motifs is 2. The first kappa shape index (κ1) is 30.9. The van der Waals surface area contributed by atoms with E-state index < -0.39 is 5.25 Å². The van der Waals surface area contributed by atoms with Crippen LogP contribution in [0.2, 0.25) is 0 Å². The van der Waals surface area contributed by atoms with Gasteiger partial charge >= 0.3 is 6.03 Å². The van der Waals surface area contributed by atoms with E-state index in [-0.39, 0.29) is 23.2 Å². The molecule has 234 valence electrons. The van der Waals surface area contributed by atoms with Crippen molar-refractivity contribution in [3.8, 4) is 17.0 Å². The van der Waals surface area contributed by atoms with E-state index in [2.05, 4.69) is 33.8 Å². The van der Waals surface area contributed by atoms with Crippen LogP contribution in [-0.4, -0.2) is 35.3 Å². The van der Waals surface area contributed by atoms with Crippen molar-refractivity contribution in [3.63, 3.8) is 0 Å². The Morgan fingerprint density at radius 2 is 1.68 bits per heavy atom. The van der Waals surface area contributed by atoms with Crippen LogP contribution in [0.3, 0.4) is 0 Å². The summed E-state index contributed by atoms with van der Waals surface area (Å²) in [5.74, 6) is 0.526. The van der Waals surface area contributed by atoms with Gasteiger partial charge in [-0.25, -0.2) is 9.78 Å². The fourth-order valence-corrected chi connectivity index (χ4v) is 8.63. The molecular formula is C37H30N4O3S3. The molecule has 0 radical (unpaired) electrons. The molecule has 3 amide bonds. The molecule has 7 nitrogen and oxygen atoms in total. The smallest absolute Gasteiger partial charge is 0.326 e. The molecule has 0 fully saturated rings. The lowest BCUT2D eigenvalue weighted by Gasteiger charge is -2.40. The summed E-state index contributed by atoms with van der Waals surface area (Å²) < 4.78 is 5.50. The zero-order valence-corrected chi connectivity index (χ0v) is 27.7. The summed E-state index contributed by atoms with van der Waals surface area (Å²) in [4.78, 5) is 36.1. The SMILES string of the molecule is COc1ccccc1-c1csc(NC(=O)C(Sc2cccc(NC(=O)N3c4ccccc4SC4C=CC=CC43)c2)c2ccccc2)n1. The van der Waals surface area contributed by atoms with Gasteiger partial charge in [0.2, 0.25) is 5.91 Å². The van der Waals surface area contributed by atoms with Crippen LogP contribution in [0.25, 0.3) is 11.3 Å². The number of hydrogen-bond acceptors (Lipinski definition) is 7. The second-order valence-electron chi connectivity index (χ2n) is 10.8. The Morgan fingerprint density at radius 3 is 2.55 bits per heavy atom. The van der Waals surface area contributed by atoms with Crippen LogP contribution >= 0.6 is 34.9 Å². The van der Waals surface area contributed by atoms with Crippen molar-refractivity contribution in [1.82, 2.24) is 4.98 Å². The minimum atomic E-state index is -0.563. The summed E-state index contributed by atoms with van der Waals surface area (Å²) in [6.07, 6.45) is 8.24. The highest BCUT2D eigenvalue weighted by Crippen LogP contribution is 2.44. The molecule has 47 heavy (non-hydrogen) atoms. The molecule has 10 heteroatoms. The standard InChI is InChI=1S/C37H30N4O3S3/c1-44-31-19-8-5-16-27(31)28-23-45-36(39-28)40-35(42)34(24-12-3-2-4-13-24)46-26-15-11-14-25(22-26)38-37(43)41-29-17-6-9-20-32(29)47-33-21-10-7-18-30(33)41/h2-23,29,32,34H,1H3,(H,38,43)(H,39,40,42). The molecular weight excluding hydrogens is 645 g/mol. The molecule has 1 aromatic heterocycles. The van der Waals surface area contributed by atoms with Gasteiger partial charge in [0, 0.05) is 26.4 Å². The van der Waals surface area contributed by atoms with Gasteiger partial charge in [-0.3, -0.25) is 9.69 Å². The highest BCUT2D eigenvalue weighted by atomic mass is 32.2. The second kappa shape index (κ2) is 13.9. The number of aromatic nitrogens is 1. The van der Waals surface area contributed by atoms with Crippen LogP contribution in [0, 0.1) is 0 Å². The number of allylic oxidation sites excluding steroid dienone is 2. The van der Waals surface area contributed by atoms with Crippen molar-refractivity contribution < 1.29 is 14.3 Å². The number of nitrogens with zero attached hydrogens (tertiary/aromatic N) is 2. The first-order valence-corrected chi connectivity index (χ1v) is 17.6. The van der Waals surface area contributed by atoms with Crippen LogP contribution in [-0.2, 0) is 4.79 Å². The van der Waals surface area contributed by atoms with Crippen LogP contribution in [0.1, 0.15) is 10.8 Å². The summed E-state index contributed by atoms with van der Waals surface area (Å²) in [6, 6.07) is 32.6. The number of carbonyl (C=O) groups is 2. The third kappa shape index (κ3) is 6.71. The monoisotopic (exact) mass is 674 g/mol.